The summed E-state index contributed by atoms with van der Waals surface area (Å²) in [6, 6.07) is 13.1. The van der Waals surface area contributed by atoms with Crippen LogP contribution >= 0.6 is 31.9 Å². The Kier molecular flexibility index (Phi) is 5.61. The minimum atomic E-state index is -0.381. The van der Waals surface area contributed by atoms with Gasteiger partial charge >= 0.3 is 0 Å². The number of benzene rings is 2. The molecule has 0 amide bonds. The van der Waals surface area contributed by atoms with E-state index in [1.54, 1.807) is 18.2 Å². The lowest BCUT2D eigenvalue weighted by molar-refractivity contribution is 0.104. The van der Waals surface area contributed by atoms with E-state index in [4.69, 9.17) is 9.47 Å². The summed E-state index contributed by atoms with van der Waals surface area (Å²) in [4.78, 5) is 29.3. The minimum absolute atomic E-state index is 0.126. The third kappa shape index (κ3) is 3.87. The molecule has 1 aromatic heterocycles. The summed E-state index contributed by atoms with van der Waals surface area (Å²) in [6.45, 7) is 0.169. The van der Waals surface area contributed by atoms with Crippen molar-refractivity contribution in [1.29, 1.82) is 0 Å². The number of carbonyl (C=O) groups excluding carboxylic acids is 1. The highest BCUT2D eigenvalue weighted by atomic mass is 79.9. The standard InChI is InChI=1S/C25H17Br2NO4/c26-16-7-8-19-17(11-16)23(14-4-2-1-3-5-14)24(25(30)28-19)20(29)9-6-15-10-21-22(12-18(15)27)32-13-31-21/h1-6,9-12H,7-8,13H2,(H,28,30). The molecule has 1 aliphatic carbocycles. The summed E-state index contributed by atoms with van der Waals surface area (Å²) in [7, 11) is 0. The summed E-state index contributed by atoms with van der Waals surface area (Å²) in [5, 5.41) is 0. The van der Waals surface area contributed by atoms with Crippen molar-refractivity contribution >= 4 is 49.8 Å². The van der Waals surface area contributed by atoms with Gasteiger partial charge in [0, 0.05) is 21.3 Å². The molecule has 0 fully saturated rings. The number of aryl methyl sites for hydroxylation is 1. The van der Waals surface area contributed by atoms with E-state index in [2.05, 4.69) is 36.8 Å². The molecule has 2 aromatic carbocycles. The van der Waals surface area contributed by atoms with E-state index in [0.29, 0.717) is 23.5 Å². The van der Waals surface area contributed by atoms with Gasteiger partial charge in [-0.25, -0.2) is 0 Å². The highest BCUT2D eigenvalue weighted by Crippen LogP contribution is 2.38. The van der Waals surface area contributed by atoms with E-state index in [9.17, 15) is 9.59 Å². The van der Waals surface area contributed by atoms with Gasteiger partial charge in [0.2, 0.25) is 6.79 Å². The number of hydrogen-bond acceptors (Lipinski definition) is 4. The second-order valence-corrected chi connectivity index (χ2v) is 9.35. The number of ether oxygens (including phenoxy) is 2. The molecule has 0 saturated carbocycles. The van der Waals surface area contributed by atoms with Crippen LogP contribution in [-0.4, -0.2) is 17.6 Å². The first-order valence-electron chi connectivity index (χ1n) is 10.0. The first kappa shape index (κ1) is 21.0. The number of aromatic nitrogens is 1. The SMILES string of the molecule is O=C(C=Cc1cc2c(cc1Br)OCO2)c1c(-c2ccccc2)c2c([nH]c1=O)CCC(Br)=C2. The number of pyridine rings is 1. The molecule has 0 saturated heterocycles. The number of fused-ring (bicyclic) bond motifs is 2. The lowest BCUT2D eigenvalue weighted by Crippen LogP contribution is -2.22. The highest BCUT2D eigenvalue weighted by molar-refractivity contribution is 9.11. The summed E-state index contributed by atoms with van der Waals surface area (Å²) < 4.78 is 12.6. The van der Waals surface area contributed by atoms with E-state index in [1.807, 2.05) is 36.4 Å². The number of ketones is 1. The number of allylic oxidation sites excluding steroid dienone is 2. The molecular formula is C25H17Br2NO4. The van der Waals surface area contributed by atoms with Crippen molar-refractivity contribution < 1.29 is 14.3 Å². The van der Waals surface area contributed by atoms with Gasteiger partial charge in [-0.15, -0.1) is 0 Å². The summed E-state index contributed by atoms with van der Waals surface area (Å²) in [5.74, 6) is 0.898. The van der Waals surface area contributed by atoms with Gasteiger partial charge in [-0.2, -0.15) is 0 Å². The van der Waals surface area contributed by atoms with E-state index in [1.165, 1.54) is 6.08 Å². The fourth-order valence-corrected chi connectivity index (χ4v) is 4.83. The van der Waals surface area contributed by atoms with Gasteiger partial charge in [0.15, 0.2) is 17.3 Å². The summed E-state index contributed by atoms with van der Waals surface area (Å²) in [6.07, 6.45) is 6.60. The Morgan fingerprint density at radius 2 is 1.78 bits per heavy atom. The Morgan fingerprint density at radius 3 is 2.56 bits per heavy atom. The molecule has 32 heavy (non-hydrogen) atoms. The average Bonchev–Trinajstić information content (AvgIpc) is 3.24. The lowest BCUT2D eigenvalue weighted by atomic mass is 9.89. The Hall–Kier alpha value is -2.90. The molecule has 160 valence electrons. The number of rotatable bonds is 4. The van der Waals surface area contributed by atoms with Crippen LogP contribution in [0.25, 0.3) is 23.3 Å². The zero-order valence-electron chi connectivity index (χ0n) is 16.8. The molecular weight excluding hydrogens is 538 g/mol. The van der Waals surface area contributed by atoms with Crippen LogP contribution in [-0.2, 0) is 6.42 Å². The maximum Gasteiger partial charge on any atom is 0.260 e. The molecule has 0 radical (unpaired) electrons. The van der Waals surface area contributed by atoms with Gasteiger partial charge in [0.05, 0.1) is 5.56 Å². The molecule has 0 atom stereocenters. The topological polar surface area (TPSA) is 68.4 Å². The monoisotopic (exact) mass is 553 g/mol. The van der Waals surface area contributed by atoms with E-state index in [0.717, 1.165) is 37.8 Å². The molecule has 7 heteroatoms. The largest absolute Gasteiger partial charge is 0.454 e. The van der Waals surface area contributed by atoms with Crippen molar-refractivity contribution in [2.24, 2.45) is 0 Å². The van der Waals surface area contributed by atoms with Crippen LogP contribution in [0, 0.1) is 0 Å². The number of nitrogens with one attached hydrogen (secondary N) is 1. The van der Waals surface area contributed by atoms with Gasteiger partial charge in [0.25, 0.3) is 5.56 Å². The van der Waals surface area contributed by atoms with E-state index >= 15 is 0 Å². The van der Waals surface area contributed by atoms with Crippen LogP contribution < -0.4 is 15.0 Å². The quantitative estimate of drug-likeness (QED) is 0.312. The number of hydrogen-bond donors (Lipinski definition) is 1. The second kappa shape index (κ2) is 8.56. The Bertz CT molecular complexity index is 1360. The van der Waals surface area contributed by atoms with Crippen LogP contribution in [0.3, 0.4) is 0 Å². The average molecular weight is 555 g/mol. The predicted octanol–water partition coefficient (Wildman–Crippen LogP) is 6.11. The first-order valence-corrected chi connectivity index (χ1v) is 11.6. The zero-order valence-corrected chi connectivity index (χ0v) is 20.0. The number of aromatic amines is 1. The fourth-order valence-electron chi connectivity index (χ4n) is 3.94. The third-order valence-electron chi connectivity index (χ3n) is 5.47. The molecule has 2 aliphatic rings. The van der Waals surface area contributed by atoms with Gasteiger partial charge in [0.1, 0.15) is 0 Å². The summed E-state index contributed by atoms with van der Waals surface area (Å²) >= 11 is 7.08. The molecule has 0 unspecified atom stereocenters. The molecule has 5 nitrogen and oxygen atoms in total. The van der Waals surface area contributed by atoms with Gasteiger partial charge in [-0.1, -0.05) is 62.2 Å². The third-order valence-corrected chi connectivity index (χ3v) is 6.78. The Morgan fingerprint density at radius 1 is 1.03 bits per heavy atom. The Balaban J connectivity index is 1.62. The maximum atomic E-state index is 13.3. The minimum Gasteiger partial charge on any atom is -0.454 e. The van der Waals surface area contributed by atoms with Gasteiger partial charge in [-0.05, 0) is 58.8 Å². The molecule has 1 N–H and O–H groups in total. The number of H-pyrrole nitrogens is 1. The normalized spacial score (nSPS) is 14.4. The second-order valence-electron chi connectivity index (χ2n) is 7.48. The number of halogens is 2. The van der Waals surface area contributed by atoms with Crippen molar-refractivity contribution in [3.05, 3.63) is 90.2 Å². The smallest absolute Gasteiger partial charge is 0.260 e. The molecule has 3 aromatic rings. The predicted molar refractivity (Wildman–Crippen MR) is 131 cm³/mol. The van der Waals surface area contributed by atoms with Crippen LogP contribution in [0.2, 0.25) is 0 Å². The molecule has 0 spiro atoms. The fraction of sp³-hybridized carbons (Fsp3) is 0.120. The van der Waals surface area contributed by atoms with Crippen LogP contribution in [0.15, 0.2) is 62.3 Å². The molecule has 0 bridgehead atoms. The van der Waals surface area contributed by atoms with Crippen molar-refractivity contribution in [3.63, 3.8) is 0 Å². The number of carbonyl (C=O) groups is 1. The molecule has 5 rings (SSSR count). The van der Waals surface area contributed by atoms with Crippen LogP contribution in [0.5, 0.6) is 11.5 Å². The van der Waals surface area contributed by atoms with Gasteiger partial charge in [-0.3, -0.25) is 9.59 Å². The Labute approximate surface area is 201 Å². The maximum absolute atomic E-state index is 13.3. The van der Waals surface area contributed by atoms with Crippen molar-refractivity contribution in [3.8, 4) is 22.6 Å². The van der Waals surface area contributed by atoms with Gasteiger partial charge < -0.3 is 14.5 Å². The first-order chi connectivity index (χ1) is 15.5. The van der Waals surface area contributed by atoms with Crippen LogP contribution in [0.1, 0.15) is 33.6 Å². The van der Waals surface area contributed by atoms with Crippen molar-refractivity contribution in [2.45, 2.75) is 12.8 Å². The van der Waals surface area contributed by atoms with E-state index in [-0.39, 0.29) is 23.7 Å². The summed E-state index contributed by atoms with van der Waals surface area (Å²) in [5.41, 5.74) is 3.69. The highest BCUT2D eigenvalue weighted by Gasteiger charge is 2.24. The van der Waals surface area contributed by atoms with Crippen molar-refractivity contribution in [2.75, 3.05) is 6.79 Å². The zero-order chi connectivity index (χ0) is 22.2. The molecule has 2 heterocycles. The van der Waals surface area contributed by atoms with E-state index < -0.39 is 0 Å². The van der Waals surface area contributed by atoms with Crippen LogP contribution in [0.4, 0.5) is 0 Å². The van der Waals surface area contributed by atoms with Crippen molar-refractivity contribution in [1.82, 2.24) is 4.98 Å². The lowest BCUT2D eigenvalue weighted by Gasteiger charge is -2.19. The molecule has 1 aliphatic heterocycles.